The fraction of sp³-hybridized carbons (Fsp3) is 0.333. The molecule has 1 amide bonds. The Morgan fingerprint density at radius 2 is 2.04 bits per heavy atom. The topological polar surface area (TPSA) is 82.6 Å². The van der Waals surface area contributed by atoms with Crippen LogP contribution in [0.15, 0.2) is 36.5 Å². The summed E-state index contributed by atoms with van der Waals surface area (Å²) in [6.45, 7) is 2.33. The standard InChI is InChI=1S/C18H22N4O3S/c1-13-7-8-14(22-10-5-11-26(22,24)25)12-16(13)20-18(23)15-6-4-9-19-17(15)21(2)3/h4,6-9,12H,5,10-11H2,1-3H3,(H,20,23). The van der Waals surface area contributed by atoms with Gasteiger partial charge in [0.25, 0.3) is 5.91 Å². The van der Waals surface area contributed by atoms with Crippen LogP contribution < -0.4 is 14.5 Å². The van der Waals surface area contributed by atoms with E-state index in [0.29, 0.717) is 35.7 Å². The zero-order valence-corrected chi connectivity index (χ0v) is 15.9. The van der Waals surface area contributed by atoms with E-state index in [0.717, 1.165) is 5.56 Å². The number of rotatable bonds is 4. The van der Waals surface area contributed by atoms with Crippen LogP contribution in [0.25, 0.3) is 0 Å². The molecule has 2 heterocycles. The van der Waals surface area contributed by atoms with Gasteiger partial charge in [-0.05, 0) is 43.2 Å². The molecule has 0 radical (unpaired) electrons. The minimum absolute atomic E-state index is 0.157. The number of pyridine rings is 1. The molecule has 1 saturated heterocycles. The fourth-order valence-corrected chi connectivity index (χ4v) is 4.51. The van der Waals surface area contributed by atoms with Crippen molar-refractivity contribution in [1.29, 1.82) is 0 Å². The van der Waals surface area contributed by atoms with Crippen molar-refractivity contribution in [2.45, 2.75) is 13.3 Å². The number of anilines is 3. The van der Waals surface area contributed by atoms with Gasteiger partial charge in [-0.15, -0.1) is 0 Å². The molecule has 0 unspecified atom stereocenters. The minimum atomic E-state index is -3.26. The van der Waals surface area contributed by atoms with Gasteiger partial charge in [0.1, 0.15) is 5.82 Å². The summed E-state index contributed by atoms with van der Waals surface area (Å²) in [5.41, 5.74) is 2.47. The maximum Gasteiger partial charge on any atom is 0.259 e. The van der Waals surface area contributed by atoms with E-state index in [1.54, 1.807) is 35.4 Å². The highest BCUT2D eigenvalue weighted by molar-refractivity contribution is 7.93. The van der Waals surface area contributed by atoms with E-state index >= 15 is 0 Å². The van der Waals surface area contributed by atoms with E-state index in [9.17, 15) is 13.2 Å². The first kappa shape index (κ1) is 18.2. The van der Waals surface area contributed by atoms with Crippen molar-refractivity contribution >= 4 is 33.1 Å². The SMILES string of the molecule is Cc1ccc(N2CCCS2(=O)=O)cc1NC(=O)c1cccnc1N(C)C. The molecule has 1 aromatic heterocycles. The predicted octanol–water partition coefficient (Wildman–Crippen LogP) is 2.25. The van der Waals surface area contributed by atoms with Crippen LogP contribution in [0.1, 0.15) is 22.3 Å². The predicted molar refractivity (Wildman–Crippen MR) is 103 cm³/mol. The van der Waals surface area contributed by atoms with Crippen LogP contribution in [0.4, 0.5) is 17.2 Å². The van der Waals surface area contributed by atoms with Crippen LogP contribution in [0, 0.1) is 6.92 Å². The van der Waals surface area contributed by atoms with Crippen molar-refractivity contribution < 1.29 is 13.2 Å². The van der Waals surface area contributed by atoms with Crippen molar-refractivity contribution in [2.75, 3.05) is 40.9 Å². The Kier molecular flexibility index (Phi) is 4.86. The Balaban J connectivity index is 1.91. The van der Waals surface area contributed by atoms with Gasteiger partial charge >= 0.3 is 0 Å². The molecule has 0 saturated carbocycles. The van der Waals surface area contributed by atoms with Gasteiger partial charge in [0, 0.05) is 32.5 Å². The van der Waals surface area contributed by atoms with Crippen molar-refractivity contribution in [2.24, 2.45) is 0 Å². The van der Waals surface area contributed by atoms with Crippen LogP contribution in [0.3, 0.4) is 0 Å². The number of carbonyl (C=O) groups excluding carboxylic acids is 1. The van der Waals surface area contributed by atoms with E-state index in [1.165, 1.54) is 4.31 Å². The van der Waals surface area contributed by atoms with Crippen LogP contribution in [-0.2, 0) is 10.0 Å². The molecule has 1 aromatic carbocycles. The number of aromatic nitrogens is 1. The van der Waals surface area contributed by atoms with Gasteiger partial charge in [-0.25, -0.2) is 13.4 Å². The van der Waals surface area contributed by atoms with Crippen molar-refractivity contribution in [1.82, 2.24) is 4.98 Å². The minimum Gasteiger partial charge on any atom is -0.362 e. The second-order valence-electron chi connectivity index (χ2n) is 6.46. The molecule has 2 aromatic rings. The number of hydrogen-bond acceptors (Lipinski definition) is 5. The number of hydrogen-bond donors (Lipinski definition) is 1. The zero-order chi connectivity index (χ0) is 18.9. The Hall–Kier alpha value is -2.61. The summed E-state index contributed by atoms with van der Waals surface area (Å²) in [7, 11) is 0.381. The van der Waals surface area contributed by atoms with Gasteiger partial charge < -0.3 is 10.2 Å². The van der Waals surface area contributed by atoms with E-state index < -0.39 is 10.0 Å². The van der Waals surface area contributed by atoms with E-state index in [1.807, 2.05) is 27.1 Å². The highest BCUT2D eigenvalue weighted by Crippen LogP contribution is 2.29. The lowest BCUT2D eigenvalue weighted by Crippen LogP contribution is -2.25. The number of nitrogens with one attached hydrogen (secondary N) is 1. The molecule has 1 fully saturated rings. The van der Waals surface area contributed by atoms with Crippen molar-refractivity contribution in [3.63, 3.8) is 0 Å². The third-order valence-corrected chi connectivity index (χ3v) is 6.18. The average Bonchev–Trinajstić information content (AvgIpc) is 2.96. The van der Waals surface area contributed by atoms with Gasteiger partial charge in [0.2, 0.25) is 10.0 Å². The number of carbonyl (C=O) groups is 1. The van der Waals surface area contributed by atoms with Crippen molar-refractivity contribution in [3.8, 4) is 0 Å². The summed E-state index contributed by atoms with van der Waals surface area (Å²) in [5.74, 6) is 0.442. The highest BCUT2D eigenvalue weighted by atomic mass is 32.2. The molecule has 1 aliphatic heterocycles. The van der Waals surface area contributed by atoms with E-state index in [4.69, 9.17) is 0 Å². The van der Waals surface area contributed by atoms with Gasteiger partial charge in [0.05, 0.1) is 17.0 Å². The quantitative estimate of drug-likeness (QED) is 0.888. The Morgan fingerprint density at radius 1 is 1.27 bits per heavy atom. The van der Waals surface area contributed by atoms with Gasteiger partial charge in [0.15, 0.2) is 0 Å². The third-order valence-electron chi connectivity index (χ3n) is 4.31. The summed E-state index contributed by atoms with van der Waals surface area (Å²) in [6, 6.07) is 8.71. The number of benzene rings is 1. The zero-order valence-electron chi connectivity index (χ0n) is 15.1. The molecular formula is C18H22N4O3S. The molecule has 138 valence electrons. The molecule has 0 bridgehead atoms. The number of amides is 1. The Bertz CT molecular complexity index is 941. The lowest BCUT2D eigenvalue weighted by atomic mass is 10.1. The number of aryl methyl sites for hydroxylation is 1. The number of nitrogens with zero attached hydrogens (tertiary/aromatic N) is 3. The molecule has 0 atom stereocenters. The Morgan fingerprint density at radius 3 is 2.69 bits per heavy atom. The summed E-state index contributed by atoms with van der Waals surface area (Å²) in [6.07, 6.45) is 2.25. The number of sulfonamides is 1. The van der Waals surface area contributed by atoms with Gasteiger partial charge in [-0.2, -0.15) is 0 Å². The molecule has 0 spiro atoms. The normalized spacial score (nSPS) is 15.7. The molecule has 0 aliphatic carbocycles. The molecule has 1 aliphatic rings. The first-order valence-electron chi connectivity index (χ1n) is 8.34. The summed E-state index contributed by atoms with van der Waals surface area (Å²) < 4.78 is 25.7. The third kappa shape index (κ3) is 3.50. The maximum atomic E-state index is 12.7. The lowest BCUT2D eigenvalue weighted by Gasteiger charge is -2.20. The molecule has 1 N–H and O–H groups in total. The first-order valence-corrected chi connectivity index (χ1v) is 9.95. The first-order chi connectivity index (χ1) is 12.3. The largest absolute Gasteiger partial charge is 0.362 e. The summed E-state index contributed by atoms with van der Waals surface area (Å²) in [5, 5.41) is 2.89. The monoisotopic (exact) mass is 374 g/mol. The maximum absolute atomic E-state index is 12.7. The Labute approximate surface area is 153 Å². The molecular weight excluding hydrogens is 352 g/mol. The average molecular weight is 374 g/mol. The highest BCUT2D eigenvalue weighted by Gasteiger charge is 2.28. The second kappa shape index (κ2) is 6.95. The molecule has 8 heteroatoms. The molecule has 3 rings (SSSR count). The summed E-state index contributed by atoms with van der Waals surface area (Å²) in [4.78, 5) is 18.8. The van der Waals surface area contributed by atoms with Crippen LogP contribution in [0.5, 0.6) is 0 Å². The van der Waals surface area contributed by atoms with Crippen LogP contribution in [-0.4, -0.2) is 45.7 Å². The van der Waals surface area contributed by atoms with Crippen molar-refractivity contribution in [3.05, 3.63) is 47.7 Å². The van der Waals surface area contributed by atoms with Gasteiger partial charge in [-0.3, -0.25) is 9.10 Å². The van der Waals surface area contributed by atoms with Crippen LogP contribution >= 0.6 is 0 Å². The van der Waals surface area contributed by atoms with E-state index in [-0.39, 0.29) is 11.7 Å². The second-order valence-corrected chi connectivity index (χ2v) is 8.48. The molecule has 7 nitrogen and oxygen atoms in total. The fourth-order valence-electron chi connectivity index (χ4n) is 2.95. The van der Waals surface area contributed by atoms with E-state index in [2.05, 4.69) is 10.3 Å². The summed E-state index contributed by atoms with van der Waals surface area (Å²) >= 11 is 0. The molecule has 26 heavy (non-hydrogen) atoms. The smallest absolute Gasteiger partial charge is 0.259 e. The van der Waals surface area contributed by atoms with Gasteiger partial charge in [-0.1, -0.05) is 6.07 Å². The van der Waals surface area contributed by atoms with Crippen LogP contribution in [0.2, 0.25) is 0 Å². The lowest BCUT2D eigenvalue weighted by molar-refractivity contribution is 0.102.